The molecule has 0 aromatic heterocycles. The van der Waals surface area contributed by atoms with Crippen molar-refractivity contribution < 1.29 is 19.0 Å². The van der Waals surface area contributed by atoms with Crippen molar-refractivity contribution >= 4 is 29.0 Å². The molecule has 6 nitrogen and oxygen atoms in total. The standard InChI is InChI=1S/C13H15ClN2O4/c1-3-18-13(17)8(2)15-16-9-4-5-10-12(11(9)14)20-7-6-19-10/h4-5,16H,3,6-7H2,1-2H3. The maximum absolute atomic E-state index is 11.4. The van der Waals surface area contributed by atoms with Crippen LogP contribution >= 0.6 is 11.6 Å². The number of carbonyl (C=O) groups excluding carboxylic acids is 1. The zero-order valence-corrected chi connectivity index (χ0v) is 12.0. The SMILES string of the molecule is CCOC(=O)C(C)=NNc1ccc2c(c1Cl)OCCO2. The summed E-state index contributed by atoms with van der Waals surface area (Å²) in [5.41, 5.74) is 3.46. The summed E-state index contributed by atoms with van der Waals surface area (Å²) in [5, 5.41) is 4.30. The molecule has 0 unspecified atom stereocenters. The first-order valence-electron chi connectivity index (χ1n) is 6.19. The number of carbonyl (C=O) groups is 1. The van der Waals surface area contributed by atoms with Crippen molar-refractivity contribution in [2.45, 2.75) is 13.8 Å². The number of halogens is 1. The quantitative estimate of drug-likeness (QED) is 0.525. The molecule has 7 heteroatoms. The fourth-order valence-corrected chi connectivity index (χ4v) is 1.85. The van der Waals surface area contributed by atoms with E-state index in [4.69, 9.17) is 25.8 Å². The minimum Gasteiger partial charge on any atom is -0.486 e. The Bertz CT molecular complexity index is 545. The van der Waals surface area contributed by atoms with Gasteiger partial charge in [-0.25, -0.2) is 4.79 Å². The number of anilines is 1. The summed E-state index contributed by atoms with van der Waals surface area (Å²) < 4.78 is 15.7. The number of benzene rings is 1. The molecule has 1 N–H and O–H groups in total. The van der Waals surface area contributed by atoms with E-state index in [0.29, 0.717) is 42.0 Å². The van der Waals surface area contributed by atoms with Gasteiger partial charge in [-0.15, -0.1) is 0 Å². The Balaban J connectivity index is 2.14. The summed E-state index contributed by atoms with van der Waals surface area (Å²) >= 11 is 6.20. The van der Waals surface area contributed by atoms with Crippen LogP contribution in [-0.2, 0) is 9.53 Å². The van der Waals surface area contributed by atoms with E-state index in [1.54, 1.807) is 26.0 Å². The van der Waals surface area contributed by atoms with Crippen molar-refractivity contribution in [3.05, 3.63) is 17.2 Å². The highest BCUT2D eigenvalue weighted by Crippen LogP contribution is 2.41. The maximum atomic E-state index is 11.4. The van der Waals surface area contributed by atoms with Crippen LogP contribution in [0.25, 0.3) is 0 Å². The topological polar surface area (TPSA) is 69.2 Å². The Hall–Kier alpha value is -1.95. The fourth-order valence-electron chi connectivity index (χ4n) is 1.59. The summed E-state index contributed by atoms with van der Waals surface area (Å²) in [6.45, 7) is 4.53. The number of nitrogens with one attached hydrogen (secondary N) is 1. The third-order valence-corrected chi connectivity index (χ3v) is 2.94. The van der Waals surface area contributed by atoms with Gasteiger partial charge >= 0.3 is 5.97 Å². The van der Waals surface area contributed by atoms with Crippen molar-refractivity contribution in [3.8, 4) is 11.5 Å². The molecule has 2 rings (SSSR count). The molecule has 0 atom stereocenters. The molecule has 1 aromatic carbocycles. The lowest BCUT2D eigenvalue weighted by Gasteiger charge is -2.20. The molecule has 1 aromatic rings. The molecule has 0 saturated carbocycles. The van der Waals surface area contributed by atoms with Gasteiger partial charge in [0, 0.05) is 0 Å². The second-order valence-electron chi connectivity index (χ2n) is 3.98. The van der Waals surface area contributed by atoms with E-state index in [0.717, 1.165) is 0 Å². The van der Waals surface area contributed by atoms with E-state index < -0.39 is 5.97 Å². The van der Waals surface area contributed by atoms with E-state index in [1.807, 2.05) is 0 Å². The normalized spacial score (nSPS) is 13.8. The van der Waals surface area contributed by atoms with Gasteiger partial charge in [0.15, 0.2) is 11.5 Å². The lowest BCUT2D eigenvalue weighted by molar-refractivity contribution is -0.135. The zero-order chi connectivity index (χ0) is 14.5. The summed E-state index contributed by atoms with van der Waals surface area (Å²) in [5.74, 6) is 0.596. The third kappa shape index (κ3) is 3.14. The van der Waals surface area contributed by atoms with Gasteiger partial charge in [0.2, 0.25) is 0 Å². The summed E-state index contributed by atoms with van der Waals surface area (Å²) in [6, 6.07) is 3.44. The van der Waals surface area contributed by atoms with E-state index in [-0.39, 0.29) is 5.71 Å². The number of hydrogen-bond acceptors (Lipinski definition) is 6. The van der Waals surface area contributed by atoms with Crippen molar-refractivity contribution in [1.82, 2.24) is 0 Å². The lowest BCUT2D eigenvalue weighted by atomic mass is 10.2. The highest BCUT2D eigenvalue weighted by molar-refractivity contribution is 6.36. The summed E-state index contributed by atoms with van der Waals surface area (Å²) in [4.78, 5) is 11.4. The highest BCUT2D eigenvalue weighted by Gasteiger charge is 2.18. The van der Waals surface area contributed by atoms with Crippen LogP contribution < -0.4 is 14.9 Å². The molecule has 0 radical (unpaired) electrons. The molecule has 1 aliphatic heterocycles. The molecule has 0 spiro atoms. The van der Waals surface area contributed by atoms with Gasteiger partial charge in [-0.2, -0.15) is 5.10 Å². The van der Waals surface area contributed by atoms with Crippen molar-refractivity contribution in [2.75, 3.05) is 25.2 Å². The number of nitrogens with zero attached hydrogens (tertiary/aromatic N) is 1. The van der Waals surface area contributed by atoms with E-state index in [9.17, 15) is 4.79 Å². The number of ether oxygens (including phenoxy) is 3. The molecule has 108 valence electrons. The van der Waals surface area contributed by atoms with Gasteiger partial charge in [-0.05, 0) is 26.0 Å². The van der Waals surface area contributed by atoms with Gasteiger partial charge in [0.25, 0.3) is 0 Å². The fraction of sp³-hybridized carbons (Fsp3) is 0.385. The first-order chi connectivity index (χ1) is 9.63. The van der Waals surface area contributed by atoms with Crippen LogP contribution in [0.4, 0.5) is 5.69 Å². The Morgan fingerprint density at radius 3 is 2.95 bits per heavy atom. The van der Waals surface area contributed by atoms with Crippen LogP contribution in [0.3, 0.4) is 0 Å². The Morgan fingerprint density at radius 2 is 2.20 bits per heavy atom. The van der Waals surface area contributed by atoms with Crippen LogP contribution in [0, 0.1) is 0 Å². The van der Waals surface area contributed by atoms with Gasteiger partial charge < -0.3 is 14.2 Å². The average Bonchev–Trinajstić information content (AvgIpc) is 2.47. The number of hydrazone groups is 1. The van der Waals surface area contributed by atoms with Crippen molar-refractivity contribution in [2.24, 2.45) is 5.10 Å². The molecule has 20 heavy (non-hydrogen) atoms. The number of esters is 1. The highest BCUT2D eigenvalue weighted by atomic mass is 35.5. The lowest BCUT2D eigenvalue weighted by Crippen LogP contribution is -2.17. The van der Waals surface area contributed by atoms with Crippen molar-refractivity contribution in [1.29, 1.82) is 0 Å². The average molecular weight is 299 g/mol. The molecule has 0 bridgehead atoms. The Morgan fingerprint density at radius 1 is 1.45 bits per heavy atom. The molecular formula is C13H15ClN2O4. The van der Waals surface area contributed by atoms with Crippen LogP contribution in [0.2, 0.25) is 5.02 Å². The van der Waals surface area contributed by atoms with Crippen LogP contribution in [0.5, 0.6) is 11.5 Å². The van der Waals surface area contributed by atoms with Crippen molar-refractivity contribution in [3.63, 3.8) is 0 Å². The molecular weight excluding hydrogens is 284 g/mol. The monoisotopic (exact) mass is 298 g/mol. The largest absolute Gasteiger partial charge is 0.486 e. The molecule has 1 heterocycles. The van der Waals surface area contributed by atoms with Gasteiger partial charge in [-0.1, -0.05) is 11.6 Å². The molecule has 1 aliphatic rings. The second-order valence-corrected chi connectivity index (χ2v) is 4.36. The maximum Gasteiger partial charge on any atom is 0.354 e. The van der Waals surface area contributed by atoms with Gasteiger partial charge in [0.05, 0.1) is 12.3 Å². The van der Waals surface area contributed by atoms with Gasteiger partial charge in [0.1, 0.15) is 23.9 Å². The minimum absolute atomic E-state index is 0.206. The summed E-state index contributed by atoms with van der Waals surface area (Å²) in [7, 11) is 0. The second kappa shape index (κ2) is 6.47. The van der Waals surface area contributed by atoms with E-state index in [2.05, 4.69) is 10.5 Å². The number of rotatable bonds is 4. The third-order valence-electron chi connectivity index (χ3n) is 2.56. The van der Waals surface area contributed by atoms with Gasteiger partial charge in [-0.3, -0.25) is 5.43 Å². The molecule has 0 aliphatic carbocycles. The van der Waals surface area contributed by atoms with Crippen LogP contribution in [-0.4, -0.2) is 31.5 Å². The predicted octanol–water partition coefficient (Wildman–Crippen LogP) is 2.46. The molecule has 0 saturated heterocycles. The zero-order valence-electron chi connectivity index (χ0n) is 11.2. The Kier molecular flexibility index (Phi) is 4.68. The first-order valence-corrected chi connectivity index (χ1v) is 6.56. The minimum atomic E-state index is -0.478. The Labute approximate surface area is 121 Å². The number of fused-ring (bicyclic) bond motifs is 1. The van der Waals surface area contributed by atoms with Crippen LogP contribution in [0.1, 0.15) is 13.8 Å². The molecule has 0 amide bonds. The van der Waals surface area contributed by atoms with E-state index in [1.165, 1.54) is 0 Å². The first kappa shape index (κ1) is 14.5. The van der Waals surface area contributed by atoms with E-state index >= 15 is 0 Å². The number of hydrogen-bond donors (Lipinski definition) is 1. The summed E-state index contributed by atoms with van der Waals surface area (Å²) in [6.07, 6.45) is 0. The smallest absolute Gasteiger partial charge is 0.354 e. The predicted molar refractivity (Wildman–Crippen MR) is 75.8 cm³/mol. The van der Waals surface area contributed by atoms with Crippen LogP contribution in [0.15, 0.2) is 17.2 Å². The molecule has 0 fully saturated rings.